The second-order valence-electron chi connectivity index (χ2n) is 8.08. The van der Waals surface area contributed by atoms with E-state index in [0.29, 0.717) is 25.9 Å². The maximum absolute atomic E-state index is 12.7. The van der Waals surface area contributed by atoms with Crippen molar-refractivity contribution >= 4 is 11.8 Å². The number of imidazole rings is 1. The predicted octanol–water partition coefficient (Wildman–Crippen LogP) is 1.47. The Kier molecular flexibility index (Phi) is 5.45. The van der Waals surface area contributed by atoms with E-state index in [1.165, 1.54) is 0 Å². The van der Waals surface area contributed by atoms with Gasteiger partial charge in [0, 0.05) is 81.7 Å². The SMILES string of the molecule is O=C(CCn1cccn1)N1CCC[C@]2(CCC(=O)N(CCc3cnc[nH]3)C2)C1. The number of likely N-dealkylation sites (tertiary alicyclic amines) is 2. The first-order valence-corrected chi connectivity index (χ1v) is 10.1. The number of aryl methyl sites for hydroxylation is 1. The molecule has 4 heterocycles. The highest BCUT2D eigenvalue weighted by Crippen LogP contribution is 2.39. The molecule has 2 saturated heterocycles. The lowest BCUT2D eigenvalue weighted by Gasteiger charge is -2.48. The molecular formula is C20H28N6O2. The zero-order valence-corrected chi connectivity index (χ0v) is 16.2. The predicted molar refractivity (Wildman–Crippen MR) is 103 cm³/mol. The Labute approximate surface area is 164 Å². The van der Waals surface area contributed by atoms with E-state index in [4.69, 9.17) is 0 Å². The number of hydrogen-bond donors (Lipinski definition) is 1. The molecule has 28 heavy (non-hydrogen) atoms. The summed E-state index contributed by atoms with van der Waals surface area (Å²) in [5.41, 5.74) is 1.09. The maximum Gasteiger partial charge on any atom is 0.224 e. The first-order chi connectivity index (χ1) is 13.6. The molecule has 2 aliphatic heterocycles. The van der Waals surface area contributed by atoms with E-state index in [1.807, 2.05) is 28.3 Å². The molecule has 8 heteroatoms. The lowest BCUT2D eigenvalue weighted by Crippen LogP contribution is -2.55. The molecule has 1 atom stereocenters. The molecule has 0 aromatic carbocycles. The average Bonchev–Trinajstić information content (AvgIpc) is 3.41. The van der Waals surface area contributed by atoms with Crippen LogP contribution in [0.4, 0.5) is 0 Å². The van der Waals surface area contributed by atoms with E-state index in [1.54, 1.807) is 17.2 Å². The van der Waals surface area contributed by atoms with Crippen LogP contribution in [0.3, 0.4) is 0 Å². The molecule has 150 valence electrons. The fourth-order valence-electron chi connectivity index (χ4n) is 4.54. The van der Waals surface area contributed by atoms with Crippen molar-refractivity contribution in [3.05, 3.63) is 36.7 Å². The Morgan fingerprint density at radius 1 is 1.25 bits per heavy atom. The Morgan fingerprint density at radius 3 is 2.96 bits per heavy atom. The van der Waals surface area contributed by atoms with Crippen LogP contribution in [-0.4, -0.2) is 67.5 Å². The Morgan fingerprint density at radius 2 is 2.18 bits per heavy atom. The maximum atomic E-state index is 12.7. The summed E-state index contributed by atoms with van der Waals surface area (Å²) >= 11 is 0. The van der Waals surface area contributed by atoms with Crippen molar-refractivity contribution in [1.29, 1.82) is 0 Å². The van der Waals surface area contributed by atoms with Gasteiger partial charge in [-0.05, 0) is 25.3 Å². The highest BCUT2D eigenvalue weighted by molar-refractivity contribution is 5.78. The fraction of sp³-hybridized carbons (Fsp3) is 0.600. The number of piperidine rings is 2. The molecular weight excluding hydrogens is 356 g/mol. The Hall–Kier alpha value is -2.64. The van der Waals surface area contributed by atoms with E-state index in [2.05, 4.69) is 15.1 Å². The van der Waals surface area contributed by atoms with Gasteiger partial charge in [-0.25, -0.2) is 4.98 Å². The number of H-pyrrole nitrogens is 1. The lowest BCUT2D eigenvalue weighted by molar-refractivity contribution is -0.143. The minimum atomic E-state index is 0.0432. The van der Waals surface area contributed by atoms with Gasteiger partial charge in [0.2, 0.25) is 11.8 Å². The molecule has 2 aliphatic rings. The van der Waals surface area contributed by atoms with Gasteiger partial charge in [-0.2, -0.15) is 5.10 Å². The minimum Gasteiger partial charge on any atom is -0.348 e. The zero-order chi connectivity index (χ0) is 19.4. The molecule has 1 N–H and O–H groups in total. The molecule has 8 nitrogen and oxygen atoms in total. The molecule has 0 aliphatic carbocycles. The van der Waals surface area contributed by atoms with Crippen LogP contribution >= 0.6 is 0 Å². The largest absolute Gasteiger partial charge is 0.348 e. The normalized spacial score (nSPS) is 22.8. The summed E-state index contributed by atoms with van der Waals surface area (Å²) in [7, 11) is 0. The Balaban J connectivity index is 1.34. The van der Waals surface area contributed by atoms with Gasteiger partial charge in [-0.1, -0.05) is 0 Å². The topological polar surface area (TPSA) is 87.1 Å². The highest BCUT2D eigenvalue weighted by Gasteiger charge is 2.42. The van der Waals surface area contributed by atoms with Crippen LogP contribution in [0.25, 0.3) is 0 Å². The molecule has 0 bridgehead atoms. The number of aromatic nitrogens is 4. The third kappa shape index (κ3) is 4.26. The number of rotatable bonds is 6. The quantitative estimate of drug-likeness (QED) is 0.817. The lowest BCUT2D eigenvalue weighted by atomic mass is 9.73. The van der Waals surface area contributed by atoms with Gasteiger partial charge in [0.25, 0.3) is 0 Å². The van der Waals surface area contributed by atoms with Crippen molar-refractivity contribution in [1.82, 2.24) is 29.5 Å². The van der Waals surface area contributed by atoms with Crippen LogP contribution in [-0.2, 0) is 22.6 Å². The van der Waals surface area contributed by atoms with Crippen molar-refractivity contribution in [3.8, 4) is 0 Å². The van der Waals surface area contributed by atoms with Gasteiger partial charge in [-0.3, -0.25) is 14.3 Å². The van der Waals surface area contributed by atoms with Crippen LogP contribution < -0.4 is 0 Å². The molecule has 0 unspecified atom stereocenters. The molecule has 2 fully saturated rings. The number of nitrogens with one attached hydrogen (secondary N) is 1. The third-order valence-corrected chi connectivity index (χ3v) is 6.08. The standard InChI is InChI=1S/C20H28N6O2/c27-18-3-7-20(15-25(18)11-4-17-13-21-16-22-17)6-1-9-24(14-20)19(28)5-12-26-10-2-8-23-26/h2,8,10,13,16H,1,3-7,9,11-12,14-15H2,(H,21,22)/t20-/m0/s1. The van der Waals surface area contributed by atoms with Crippen LogP contribution in [0.1, 0.15) is 37.8 Å². The first-order valence-electron chi connectivity index (χ1n) is 10.1. The molecule has 4 rings (SSSR count). The van der Waals surface area contributed by atoms with Crippen LogP contribution in [0.5, 0.6) is 0 Å². The van der Waals surface area contributed by atoms with Crippen molar-refractivity contribution in [2.75, 3.05) is 26.2 Å². The number of carbonyl (C=O) groups is 2. The third-order valence-electron chi connectivity index (χ3n) is 6.08. The van der Waals surface area contributed by atoms with Crippen LogP contribution in [0.15, 0.2) is 31.0 Å². The van der Waals surface area contributed by atoms with Gasteiger partial charge in [0.05, 0.1) is 6.33 Å². The number of nitrogens with zero attached hydrogens (tertiary/aromatic N) is 5. The number of aromatic amines is 1. The summed E-state index contributed by atoms with van der Waals surface area (Å²) in [4.78, 5) is 36.3. The minimum absolute atomic E-state index is 0.0432. The van der Waals surface area contributed by atoms with Gasteiger partial charge in [0.1, 0.15) is 0 Å². The van der Waals surface area contributed by atoms with Crippen molar-refractivity contribution in [3.63, 3.8) is 0 Å². The Bertz CT molecular complexity index is 788. The van der Waals surface area contributed by atoms with E-state index in [9.17, 15) is 9.59 Å². The molecule has 2 aromatic rings. The van der Waals surface area contributed by atoms with E-state index < -0.39 is 0 Å². The summed E-state index contributed by atoms with van der Waals surface area (Å²) in [5.74, 6) is 0.419. The van der Waals surface area contributed by atoms with E-state index >= 15 is 0 Å². The van der Waals surface area contributed by atoms with Crippen molar-refractivity contribution in [2.45, 2.75) is 45.1 Å². The van der Waals surface area contributed by atoms with Gasteiger partial charge in [0.15, 0.2) is 0 Å². The summed E-state index contributed by atoms with van der Waals surface area (Å²) in [6.07, 6.45) is 11.9. The molecule has 2 aromatic heterocycles. The number of carbonyl (C=O) groups excluding carboxylic acids is 2. The molecule has 0 saturated carbocycles. The van der Waals surface area contributed by atoms with Crippen LogP contribution in [0.2, 0.25) is 0 Å². The summed E-state index contributed by atoms with van der Waals surface area (Å²) in [6.45, 7) is 3.66. The van der Waals surface area contributed by atoms with E-state index in [-0.39, 0.29) is 17.2 Å². The summed E-state index contributed by atoms with van der Waals surface area (Å²) < 4.78 is 1.80. The van der Waals surface area contributed by atoms with Crippen molar-refractivity contribution in [2.24, 2.45) is 5.41 Å². The molecule has 2 amide bonds. The number of amides is 2. The molecule has 1 spiro atoms. The monoisotopic (exact) mass is 384 g/mol. The fourth-order valence-corrected chi connectivity index (χ4v) is 4.54. The smallest absolute Gasteiger partial charge is 0.224 e. The number of hydrogen-bond acceptors (Lipinski definition) is 4. The van der Waals surface area contributed by atoms with Crippen LogP contribution in [0, 0.1) is 5.41 Å². The van der Waals surface area contributed by atoms with Gasteiger partial charge in [-0.15, -0.1) is 0 Å². The highest BCUT2D eigenvalue weighted by atomic mass is 16.2. The van der Waals surface area contributed by atoms with Crippen molar-refractivity contribution < 1.29 is 9.59 Å². The molecule has 0 radical (unpaired) electrons. The second-order valence-corrected chi connectivity index (χ2v) is 8.08. The second kappa shape index (κ2) is 8.16. The average molecular weight is 384 g/mol. The summed E-state index contributed by atoms with van der Waals surface area (Å²) in [6, 6.07) is 1.87. The van der Waals surface area contributed by atoms with Gasteiger partial charge >= 0.3 is 0 Å². The first kappa shape index (κ1) is 18.7. The summed E-state index contributed by atoms with van der Waals surface area (Å²) in [5, 5.41) is 4.17. The zero-order valence-electron chi connectivity index (χ0n) is 16.2. The van der Waals surface area contributed by atoms with Gasteiger partial charge < -0.3 is 14.8 Å². The van der Waals surface area contributed by atoms with E-state index in [0.717, 1.165) is 51.0 Å².